The molecule has 1 amide bonds. The first-order valence-electron chi connectivity index (χ1n) is 9.43. The molecule has 1 fully saturated rings. The van der Waals surface area contributed by atoms with Gasteiger partial charge in [-0.3, -0.25) is 4.79 Å². The summed E-state index contributed by atoms with van der Waals surface area (Å²) in [5.41, 5.74) is 2.22. The van der Waals surface area contributed by atoms with E-state index in [4.69, 9.17) is 9.47 Å². The molecule has 1 aliphatic heterocycles. The number of amides is 1. The van der Waals surface area contributed by atoms with Gasteiger partial charge in [-0.2, -0.15) is 0 Å². The maximum absolute atomic E-state index is 12.6. The summed E-state index contributed by atoms with van der Waals surface area (Å²) in [5.74, 6) is 2.01. The maximum Gasteiger partial charge on any atom is 0.246 e. The molecule has 1 saturated heterocycles. The summed E-state index contributed by atoms with van der Waals surface area (Å²) in [4.78, 5) is 14.5. The molecule has 0 bridgehead atoms. The Kier molecular flexibility index (Phi) is 6.53. The fourth-order valence-corrected chi connectivity index (χ4v) is 3.61. The topological polar surface area (TPSA) is 38.8 Å². The third kappa shape index (κ3) is 4.91. The van der Waals surface area contributed by atoms with E-state index in [-0.39, 0.29) is 5.91 Å². The van der Waals surface area contributed by atoms with E-state index in [1.54, 1.807) is 26.4 Å². The van der Waals surface area contributed by atoms with Crippen molar-refractivity contribution in [3.8, 4) is 11.5 Å². The van der Waals surface area contributed by atoms with Crippen LogP contribution in [0, 0.1) is 5.92 Å². The molecular formula is C23H27NO3. The van der Waals surface area contributed by atoms with Gasteiger partial charge >= 0.3 is 0 Å². The zero-order chi connectivity index (χ0) is 19.1. The van der Waals surface area contributed by atoms with Crippen LogP contribution in [0.25, 0.3) is 6.08 Å². The molecule has 1 aliphatic rings. The van der Waals surface area contributed by atoms with Gasteiger partial charge in [0.05, 0.1) is 14.2 Å². The lowest BCUT2D eigenvalue weighted by atomic mass is 9.90. The molecule has 0 unspecified atom stereocenters. The largest absolute Gasteiger partial charge is 0.493 e. The van der Waals surface area contributed by atoms with E-state index in [9.17, 15) is 4.79 Å². The summed E-state index contributed by atoms with van der Waals surface area (Å²) >= 11 is 0. The zero-order valence-electron chi connectivity index (χ0n) is 16.1. The Labute approximate surface area is 161 Å². The van der Waals surface area contributed by atoms with Crippen LogP contribution in [0.1, 0.15) is 24.0 Å². The minimum absolute atomic E-state index is 0.0537. The van der Waals surface area contributed by atoms with Crippen molar-refractivity contribution in [2.75, 3.05) is 27.3 Å². The third-order valence-corrected chi connectivity index (χ3v) is 5.13. The van der Waals surface area contributed by atoms with E-state index in [2.05, 4.69) is 30.3 Å². The van der Waals surface area contributed by atoms with Gasteiger partial charge in [-0.15, -0.1) is 0 Å². The molecule has 142 valence electrons. The minimum atomic E-state index is 0.0537. The van der Waals surface area contributed by atoms with Gasteiger partial charge in [0.2, 0.25) is 5.91 Å². The fraction of sp³-hybridized carbons (Fsp3) is 0.348. The van der Waals surface area contributed by atoms with Crippen LogP contribution in [0.5, 0.6) is 11.5 Å². The number of rotatable bonds is 6. The molecule has 0 aliphatic carbocycles. The Morgan fingerprint density at radius 1 is 1.04 bits per heavy atom. The Balaban J connectivity index is 1.56. The average molecular weight is 365 g/mol. The van der Waals surface area contributed by atoms with Crippen LogP contribution in [0.3, 0.4) is 0 Å². The SMILES string of the molecule is COc1cccc(/C=C/C(=O)N2CCC(Cc3ccccc3)CC2)c1OC. The molecule has 4 heteroatoms. The first-order valence-corrected chi connectivity index (χ1v) is 9.43. The second kappa shape index (κ2) is 9.26. The Morgan fingerprint density at radius 3 is 2.44 bits per heavy atom. The second-order valence-electron chi connectivity index (χ2n) is 6.87. The molecule has 0 atom stereocenters. The number of methoxy groups -OCH3 is 2. The standard InChI is InChI=1S/C23H27NO3/c1-26-21-10-6-9-20(23(21)27-2)11-12-22(25)24-15-13-19(14-16-24)17-18-7-4-3-5-8-18/h3-12,19H,13-17H2,1-2H3/b12-11+. The molecule has 0 radical (unpaired) electrons. The number of hydrogen-bond acceptors (Lipinski definition) is 3. The van der Waals surface area contributed by atoms with Crippen LogP contribution in [0.4, 0.5) is 0 Å². The van der Waals surface area contributed by atoms with Crippen LogP contribution in [0.2, 0.25) is 0 Å². The highest BCUT2D eigenvalue weighted by Gasteiger charge is 2.21. The summed E-state index contributed by atoms with van der Waals surface area (Å²) in [5, 5.41) is 0. The normalized spacial score (nSPS) is 15.1. The van der Waals surface area contributed by atoms with Crippen LogP contribution in [-0.2, 0) is 11.2 Å². The molecule has 0 spiro atoms. The Hall–Kier alpha value is -2.75. The monoisotopic (exact) mass is 365 g/mol. The Morgan fingerprint density at radius 2 is 1.78 bits per heavy atom. The lowest BCUT2D eigenvalue weighted by Crippen LogP contribution is -2.37. The van der Waals surface area contributed by atoms with Gasteiger partial charge in [-0.05, 0) is 42.9 Å². The molecule has 2 aromatic carbocycles. The Bertz CT molecular complexity index is 777. The van der Waals surface area contributed by atoms with Crippen molar-refractivity contribution in [2.45, 2.75) is 19.3 Å². The highest BCUT2D eigenvalue weighted by atomic mass is 16.5. The lowest BCUT2D eigenvalue weighted by molar-refractivity contribution is -0.127. The van der Waals surface area contributed by atoms with Gasteiger partial charge in [0.15, 0.2) is 11.5 Å². The molecule has 3 rings (SSSR count). The minimum Gasteiger partial charge on any atom is -0.493 e. The predicted molar refractivity (Wildman–Crippen MR) is 108 cm³/mol. The molecule has 0 N–H and O–H groups in total. The van der Waals surface area contributed by atoms with Gasteiger partial charge in [-0.1, -0.05) is 42.5 Å². The number of nitrogens with zero attached hydrogens (tertiary/aromatic N) is 1. The van der Waals surface area contributed by atoms with Crippen LogP contribution < -0.4 is 9.47 Å². The van der Waals surface area contributed by atoms with E-state index in [1.807, 2.05) is 23.1 Å². The predicted octanol–water partition coefficient (Wildman–Crippen LogP) is 4.20. The first kappa shape index (κ1) is 19.0. The van der Waals surface area contributed by atoms with Gasteiger partial charge < -0.3 is 14.4 Å². The van der Waals surface area contributed by atoms with Crippen molar-refractivity contribution in [1.29, 1.82) is 0 Å². The maximum atomic E-state index is 12.6. The molecule has 27 heavy (non-hydrogen) atoms. The van der Waals surface area contributed by atoms with Crippen molar-refractivity contribution in [3.63, 3.8) is 0 Å². The van der Waals surface area contributed by atoms with E-state index in [0.717, 1.165) is 37.9 Å². The smallest absolute Gasteiger partial charge is 0.246 e. The van der Waals surface area contributed by atoms with Crippen LogP contribution in [0.15, 0.2) is 54.6 Å². The lowest BCUT2D eigenvalue weighted by Gasteiger charge is -2.31. The quantitative estimate of drug-likeness (QED) is 0.720. The van der Waals surface area contributed by atoms with Gasteiger partial charge in [0.25, 0.3) is 0 Å². The van der Waals surface area contributed by atoms with Crippen molar-refractivity contribution in [1.82, 2.24) is 4.90 Å². The first-order chi connectivity index (χ1) is 13.2. The van der Waals surface area contributed by atoms with E-state index in [1.165, 1.54) is 5.56 Å². The summed E-state index contributed by atoms with van der Waals surface area (Å²) in [6.07, 6.45) is 6.64. The second-order valence-corrected chi connectivity index (χ2v) is 6.87. The summed E-state index contributed by atoms with van der Waals surface area (Å²) in [7, 11) is 3.21. The number of piperidine rings is 1. The van der Waals surface area contributed by atoms with Crippen LogP contribution >= 0.6 is 0 Å². The van der Waals surface area contributed by atoms with Crippen molar-refractivity contribution < 1.29 is 14.3 Å². The molecular weight excluding hydrogens is 338 g/mol. The van der Waals surface area contributed by atoms with Crippen molar-refractivity contribution >= 4 is 12.0 Å². The number of likely N-dealkylation sites (tertiary alicyclic amines) is 1. The van der Waals surface area contributed by atoms with Gasteiger partial charge in [0, 0.05) is 24.7 Å². The van der Waals surface area contributed by atoms with Gasteiger partial charge in [-0.25, -0.2) is 0 Å². The molecule has 4 nitrogen and oxygen atoms in total. The summed E-state index contributed by atoms with van der Waals surface area (Å²) in [6, 6.07) is 16.2. The third-order valence-electron chi connectivity index (χ3n) is 5.13. The summed E-state index contributed by atoms with van der Waals surface area (Å²) < 4.78 is 10.7. The fourth-order valence-electron chi connectivity index (χ4n) is 3.61. The molecule has 1 heterocycles. The average Bonchev–Trinajstić information content (AvgIpc) is 2.72. The number of carbonyl (C=O) groups is 1. The number of ether oxygens (including phenoxy) is 2. The highest BCUT2D eigenvalue weighted by Crippen LogP contribution is 2.31. The van der Waals surface area contributed by atoms with Gasteiger partial charge in [0.1, 0.15) is 0 Å². The van der Waals surface area contributed by atoms with E-state index in [0.29, 0.717) is 17.4 Å². The number of hydrogen-bond donors (Lipinski definition) is 0. The van der Waals surface area contributed by atoms with Crippen LogP contribution in [-0.4, -0.2) is 38.1 Å². The van der Waals surface area contributed by atoms with E-state index < -0.39 is 0 Å². The highest BCUT2D eigenvalue weighted by molar-refractivity contribution is 5.92. The number of para-hydroxylation sites is 1. The van der Waals surface area contributed by atoms with E-state index >= 15 is 0 Å². The number of benzene rings is 2. The van der Waals surface area contributed by atoms with Crippen molar-refractivity contribution in [3.05, 3.63) is 65.7 Å². The molecule has 0 aromatic heterocycles. The number of carbonyl (C=O) groups excluding carboxylic acids is 1. The molecule has 2 aromatic rings. The molecule has 0 saturated carbocycles. The summed E-state index contributed by atoms with van der Waals surface area (Å²) in [6.45, 7) is 1.63. The zero-order valence-corrected chi connectivity index (χ0v) is 16.1. The van der Waals surface area contributed by atoms with Crippen molar-refractivity contribution in [2.24, 2.45) is 5.92 Å².